The van der Waals surface area contributed by atoms with Gasteiger partial charge in [-0.2, -0.15) is 0 Å². The average Bonchev–Trinajstić information content (AvgIpc) is 3.00. The Balaban J connectivity index is 1.40. The average molecular weight is 521 g/mol. The molecule has 6 aromatic rings. The Morgan fingerprint density at radius 3 is 1.65 bits per heavy atom. The Hall–Kier alpha value is -4.36. The van der Waals surface area contributed by atoms with E-state index in [2.05, 4.69) is 125 Å². The number of phenols is 1. The van der Waals surface area contributed by atoms with Gasteiger partial charge < -0.3 is 5.11 Å². The van der Waals surface area contributed by atoms with E-state index < -0.39 is 0 Å². The number of aromatic hydroxyl groups is 1. The molecule has 0 saturated carbocycles. The minimum absolute atomic E-state index is 0.0669. The van der Waals surface area contributed by atoms with Crippen LogP contribution in [0.25, 0.3) is 32.7 Å². The molecule has 0 fully saturated rings. The second kappa shape index (κ2) is 10.7. The third kappa shape index (κ3) is 4.46. The maximum atomic E-state index is 11.3. The Labute approximate surface area is 237 Å². The molecule has 198 valence electrons. The molecule has 0 spiro atoms. The first kappa shape index (κ1) is 25.9. The number of hydrogen-bond donors (Lipinski definition) is 1. The molecule has 0 radical (unpaired) electrons. The molecule has 0 aromatic heterocycles. The van der Waals surface area contributed by atoms with Crippen LogP contribution in [-0.2, 0) is 6.42 Å². The third-order valence-electron chi connectivity index (χ3n) is 8.64. The number of hydrogen-bond acceptors (Lipinski definition) is 1. The van der Waals surface area contributed by atoms with Gasteiger partial charge in [0.2, 0.25) is 0 Å². The van der Waals surface area contributed by atoms with Gasteiger partial charge in [0.25, 0.3) is 0 Å². The summed E-state index contributed by atoms with van der Waals surface area (Å²) in [7, 11) is 0. The lowest BCUT2D eigenvalue weighted by molar-refractivity contribution is 0.468. The van der Waals surface area contributed by atoms with Crippen LogP contribution in [-0.4, -0.2) is 5.11 Å². The Bertz CT molecular complexity index is 1760. The molecular weight excluding hydrogens is 484 g/mol. The molecule has 2 unspecified atom stereocenters. The van der Waals surface area contributed by atoms with Gasteiger partial charge in [-0.3, -0.25) is 0 Å². The van der Waals surface area contributed by atoms with Crippen LogP contribution in [0.3, 0.4) is 0 Å². The second-order valence-corrected chi connectivity index (χ2v) is 11.1. The highest BCUT2D eigenvalue weighted by molar-refractivity contribution is 6.06. The zero-order chi connectivity index (χ0) is 27.8. The van der Waals surface area contributed by atoms with Crippen LogP contribution in [0, 0.1) is 6.92 Å². The zero-order valence-electron chi connectivity index (χ0n) is 23.8. The summed E-state index contributed by atoms with van der Waals surface area (Å²) in [6.45, 7) is 8.88. The van der Waals surface area contributed by atoms with Gasteiger partial charge in [0.15, 0.2) is 0 Å². The van der Waals surface area contributed by atoms with Crippen molar-refractivity contribution < 1.29 is 5.11 Å². The summed E-state index contributed by atoms with van der Waals surface area (Å²) in [6.07, 6.45) is 1.01. The van der Waals surface area contributed by atoms with E-state index in [9.17, 15) is 5.11 Å². The molecule has 0 saturated heterocycles. The summed E-state index contributed by atoms with van der Waals surface area (Å²) < 4.78 is 0. The van der Waals surface area contributed by atoms with Crippen molar-refractivity contribution >= 4 is 21.5 Å². The predicted molar refractivity (Wildman–Crippen MR) is 171 cm³/mol. The minimum Gasteiger partial charge on any atom is -0.507 e. The molecule has 0 amide bonds. The summed E-state index contributed by atoms with van der Waals surface area (Å²) in [6, 6.07) is 41.1. The first-order valence-electron chi connectivity index (χ1n) is 14.4. The van der Waals surface area contributed by atoms with Crippen LogP contribution in [0.1, 0.15) is 66.0 Å². The van der Waals surface area contributed by atoms with E-state index in [4.69, 9.17) is 0 Å². The maximum Gasteiger partial charge on any atom is 0.127 e. The molecule has 1 heteroatoms. The summed E-state index contributed by atoms with van der Waals surface area (Å²) in [5.41, 5.74) is 9.37. The van der Waals surface area contributed by atoms with Crippen molar-refractivity contribution in [3.63, 3.8) is 0 Å². The fraction of sp³-hybridized carbons (Fsp3) is 0.179. The Morgan fingerprint density at radius 2 is 1.10 bits per heavy atom. The number of rotatable bonds is 6. The molecule has 6 rings (SSSR count). The van der Waals surface area contributed by atoms with E-state index in [1.807, 2.05) is 18.2 Å². The monoisotopic (exact) mass is 520 g/mol. The topological polar surface area (TPSA) is 20.2 Å². The number of fused-ring (bicyclic) bond motifs is 2. The molecule has 0 bridgehead atoms. The zero-order valence-corrected chi connectivity index (χ0v) is 23.8. The summed E-state index contributed by atoms with van der Waals surface area (Å²) in [5, 5.41) is 16.8. The van der Waals surface area contributed by atoms with Crippen LogP contribution in [0.2, 0.25) is 0 Å². The Morgan fingerprint density at radius 1 is 0.600 bits per heavy atom. The lowest BCUT2D eigenvalue weighted by Gasteiger charge is -2.22. The quantitative estimate of drug-likeness (QED) is 0.217. The molecule has 40 heavy (non-hydrogen) atoms. The molecule has 2 atom stereocenters. The standard InChI is InChI=1S/C39H36O/c1-5-31-32-15-9-11-17-34(32)38(35-18-12-10-16-33(31)35)27(4)29-21-19-28(20-22-29)26(3)36-23-25(2)24-37(39(36)40)30-13-7-6-8-14-30/h6-24,26-27,40H,5H2,1-4H3. The maximum absolute atomic E-state index is 11.3. The summed E-state index contributed by atoms with van der Waals surface area (Å²) in [5.74, 6) is 0.676. The summed E-state index contributed by atoms with van der Waals surface area (Å²) >= 11 is 0. The van der Waals surface area contributed by atoms with Crippen molar-refractivity contribution in [2.24, 2.45) is 0 Å². The fourth-order valence-corrected chi connectivity index (χ4v) is 6.49. The van der Waals surface area contributed by atoms with Crippen molar-refractivity contribution in [2.75, 3.05) is 0 Å². The highest BCUT2D eigenvalue weighted by Gasteiger charge is 2.20. The van der Waals surface area contributed by atoms with Crippen LogP contribution < -0.4 is 0 Å². The number of aryl methyl sites for hydroxylation is 2. The molecule has 0 aliphatic rings. The summed E-state index contributed by atoms with van der Waals surface area (Å²) in [4.78, 5) is 0. The van der Waals surface area contributed by atoms with Crippen LogP contribution in [0.5, 0.6) is 5.75 Å². The predicted octanol–water partition coefficient (Wildman–Crippen LogP) is 10.5. The smallest absolute Gasteiger partial charge is 0.127 e. The molecule has 0 aliphatic heterocycles. The van der Waals surface area contributed by atoms with Crippen molar-refractivity contribution in [1.29, 1.82) is 0 Å². The largest absolute Gasteiger partial charge is 0.507 e. The van der Waals surface area contributed by atoms with Gasteiger partial charge in [0.1, 0.15) is 5.75 Å². The second-order valence-electron chi connectivity index (χ2n) is 11.1. The van der Waals surface area contributed by atoms with Crippen LogP contribution in [0.4, 0.5) is 0 Å². The van der Waals surface area contributed by atoms with Crippen LogP contribution in [0.15, 0.2) is 115 Å². The van der Waals surface area contributed by atoms with Crippen molar-refractivity contribution in [3.05, 3.63) is 149 Å². The van der Waals surface area contributed by atoms with Gasteiger partial charge in [0.05, 0.1) is 0 Å². The van der Waals surface area contributed by atoms with E-state index >= 15 is 0 Å². The van der Waals surface area contributed by atoms with E-state index in [1.54, 1.807) is 0 Å². The van der Waals surface area contributed by atoms with E-state index in [0.717, 1.165) is 28.7 Å². The normalized spacial score (nSPS) is 13.0. The highest BCUT2D eigenvalue weighted by Crippen LogP contribution is 2.42. The Kier molecular flexibility index (Phi) is 6.90. The van der Waals surface area contributed by atoms with E-state index in [0.29, 0.717) is 5.75 Å². The first-order chi connectivity index (χ1) is 19.5. The van der Waals surface area contributed by atoms with Gasteiger partial charge in [-0.25, -0.2) is 0 Å². The molecule has 6 aromatic carbocycles. The van der Waals surface area contributed by atoms with Crippen molar-refractivity contribution in [1.82, 2.24) is 0 Å². The van der Waals surface area contributed by atoms with Gasteiger partial charge >= 0.3 is 0 Å². The molecular formula is C39H36O. The van der Waals surface area contributed by atoms with Gasteiger partial charge in [-0.15, -0.1) is 0 Å². The number of phenolic OH excluding ortho intramolecular Hbond substituents is 1. The van der Waals surface area contributed by atoms with Crippen molar-refractivity contribution in [2.45, 2.75) is 46.0 Å². The van der Waals surface area contributed by atoms with Gasteiger partial charge in [-0.05, 0) is 74.3 Å². The number of benzene rings is 6. The fourth-order valence-electron chi connectivity index (χ4n) is 6.49. The third-order valence-corrected chi connectivity index (χ3v) is 8.64. The van der Waals surface area contributed by atoms with Crippen molar-refractivity contribution in [3.8, 4) is 16.9 Å². The highest BCUT2D eigenvalue weighted by atomic mass is 16.3. The molecule has 0 heterocycles. The first-order valence-corrected chi connectivity index (χ1v) is 14.4. The molecule has 1 N–H and O–H groups in total. The van der Waals surface area contributed by atoms with E-state index in [-0.39, 0.29) is 11.8 Å². The van der Waals surface area contributed by atoms with Crippen LogP contribution >= 0.6 is 0 Å². The SMILES string of the molecule is CCc1c2ccccc2c(C(C)c2ccc(C(C)c3cc(C)cc(-c4ccccc4)c3O)cc2)c2ccccc12. The lowest BCUT2D eigenvalue weighted by atomic mass is 9.82. The minimum atomic E-state index is 0.0669. The lowest BCUT2D eigenvalue weighted by Crippen LogP contribution is -2.03. The molecule has 1 nitrogen and oxygen atoms in total. The molecule has 0 aliphatic carbocycles. The van der Waals surface area contributed by atoms with Gasteiger partial charge in [-0.1, -0.05) is 130 Å². The van der Waals surface area contributed by atoms with Gasteiger partial charge in [0, 0.05) is 23.0 Å². The van der Waals surface area contributed by atoms with E-state index in [1.165, 1.54) is 43.8 Å².